The molecule has 0 atom stereocenters. The van der Waals surface area contributed by atoms with Crippen molar-refractivity contribution in [1.29, 1.82) is 0 Å². The smallest absolute Gasteiger partial charge is 0.343 e. The molecule has 3 aromatic carbocycles. The SMILES string of the molecule is CC(C)(N)COC(C)(C)CNC(=O)c1cc(C(=O)Oc2c(Br)cc(Br)cc2C(=O)O)cc(C(=O)Oc2c(Br)cc(Br)cc2C(=O)O)c1. The van der Waals surface area contributed by atoms with E-state index in [0.29, 0.717) is 8.95 Å². The van der Waals surface area contributed by atoms with Crippen LogP contribution in [0.1, 0.15) is 79.5 Å². The van der Waals surface area contributed by atoms with Crippen LogP contribution in [0.2, 0.25) is 0 Å². The minimum atomic E-state index is -1.38. The number of rotatable bonds is 12. The van der Waals surface area contributed by atoms with Crippen LogP contribution in [0.15, 0.2) is 60.4 Å². The fourth-order valence-electron chi connectivity index (χ4n) is 3.77. The Labute approximate surface area is 302 Å². The number of halogens is 4. The lowest BCUT2D eigenvalue weighted by Gasteiger charge is -2.30. The molecule has 0 heterocycles. The Morgan fingerprint density at radius 2 is 1.11 bits per heavy atom. The van der Waals surface area contributed by atoms with Crippen molar-refractivity contribution in [2.45, 2.75) is 38.8 Å². The van der Waals surface area contributed by atoms with Gasteiger partial charge < -0.3 is 35.5 Å². The van der Waals surface area contributed by atoms with Crippen LogP contribution in [0.25, 0.3) is 0 Å². The molecule has 12 nitrogen and oxygen atoms in total. The summed E-state index contributed by atoms with van der Waals surface area (Å²) in [5.74, 6) is -6.33. The van der Waals surface area contributed by atoms with Crippen molar-refractivity contribution in [2.24, 2.45) is 5.73 Å². The summed E-state index contributed by atoms with van der Waals surface area (Å²) in [6.07, 6.45) is 0. The number of carboxylic acids is 2. The number of amides is 1. The van der Waals surface area contributed by atoms with Gasteiger partial charge in [-0.15, -0.1) is 0 Å². The average molecular weight is 908 g/mol. The number of carbonyl (C=O) groups is 5. The standard InChI is InChI=1S/C31H28Br4N2O10/c1-30(2,36)13-45-31(3,4)12-37-25(38)14-5-15(28(43)46-23-19(26(39)40)8-17(32)10-21(23)34)7-16(6-14)29(44)47-24-20(27(41)42)9-18(33)11-22(24)35/h5-11H,12-13,36H2,1-4H3,(H,37,38)(H,39,40)(H,41,42). The molecular weight excluding hydrogens is 880 g/mol. The molecule has 250 valence electrons. The zero-order chi connectivity index (χ0) is 35.4. The lowest BCUT2D eigenvalue weighted by atomic mass is 10.0. The summed E-state index contributed by atoms with van der Waals surface area (Å²) in [4.78, 5) is 63.9. The highest BCUT2D eigenvalue weighted by Gasteiger charge is 2.27. The van der Waals surface area contributed by atoms with E-state index in [0.717, 1.165) is 18.2 Å². The lowest BCUT2D eigenvalue weighted by molar-refractivity contribution is -0.0339. The van der Waals surface area contributed by atoms with Crippen molar-refractivity contribution in [2.75, 3.05) is 13.2 Å². The van der Waals surface area contributed by atoms with Gasteiger partial charge in [0.1, 0.15) is 11.1 Å². The van der Waals surface area contributed by atoms with Crippen LogP contribution in [0.5, 0.6) is 11.5 Å². The molecule has 0 aliphatic rings. The van der Waals surface area contributed by atoms with Crippen LogP contribution in [0.4, 0.5) is 0 Å². The predicted molar refractivity (Wildman–Crippen MR) is 185 cm³/mol. The maximum atomic E-state index is 13.4. The van der Waals surface area contributed by atoms with Gasteiger partial charge in [0.25, 0.3) is 5.91 Å². The molecule has 5 N–H and O–H groups in total. The molecule has 0 spiro atoms. The van der Waals surface area contributed by atoms with Gasteiger partial charge in [0.05, 0.1) is 32.3 Å². The monoisotopic (exact) mass is 904 g/mol. The first kappa shape index (κ1) is 38.3. The molecule has 0 aliphatic heterocycles. The van der Waals surface area contributed by atoms with Crippen molar-refractivity contribution in [1.82, 2.24) is 5.32 Å². The molecule has 0 radical (unpaired) electrons. The second-order valence-corrected chi connectivity index (χ2v) is 15.0. The summed E-state index contributed by atoms with van der Waals surface area (Å²) >= 11 is 12.8. The normalized spacial score (nSPS) is 11.5. The number of aromatic carboxylic acids is 2. The largest absolute Gasteiger partial charge is 0.478 e. The van der Waals surface area contributed by atoms with Gasteiger partial charge in [-0.25, -0.2) is 19.2 Å². The van der Waals surface area contributed by atoms with Gasteiger partial charge in [0.15, 0.2) is 11.5 Å². The topological polar surface area (TPSA) is 192 Å². The van der Waals surface area contributed by atoms with Crippen molar-refractivity contribution in [3.05, 3.63) is 88.2 Å². The van der Waals surface area contributed by atoms with Crippen LogP contribution in [0, 0.1) is 0 Å². The number of hydrogen-bond acceptors (Lipinski definition) is 9. The van der Waals surface area contributed by atoms with Gasteiger partial charge in [-0.3, -0.25) is 4.79 Å². The Balaban J connectivity index is 2.04. The van der Waals surface area contributed by atoms with Crippen LogP contribution < -0.4 is 20.5 Å². The average Bonchev–Trinajstić information content (AvgIpc) is 2.96. The number of nitrogens with one attached hydrogen (secondary N) is 1. The van der Waals surface area contributed by atoms with Crippen molar-refractivity contribution >= 4 is 93.5 Å². The van der Waals surface area contributed by atoms with Gasteiger partial charge in [0.2, 0.25) is 0 Å². The molecule has 3 aromatic rings. The van der Waals surface area contributed by atoms with Crippen LogP contribution in [0.3, 0.4) is 0 Å². The number of nitrogens with two attached hydrogens (primary N) is 1. The maximum absolute atomic E-state index is 13.4. The Bertz CT molecular complexity index is 1670. The maximum Gasteiger partial charge on any atom is 0.343 e. The van der Waals surface area contributed by atoms with E-state index in [4.69, 9.17) is 19.9 Å². The molecule has 47 heavy (non-hydrogen) atoms. The number of carboxylic acid groups (broad SMARTS) is 2. The van der Waals surface area contributed by atoms with E-state index in [9.17, 15) is 34.2 Å². The van der Waals surface area contributed by atoms with Crippen LogP contribution in [-0.2, 0) is 4.74 Å². The number of benzene rings is 3. The lowest BCUT2D eigenvalue weighted by Crippen LogP contribution is -2.46. The first-order valence-electron chi connectivity index (χ1n) is 13.4. The van der Waals surface area contributed by atoms with E-state index in [1.165, 1.54) is 24.3 Å². The molecule has 1 amide bonds. The molecule has 0 unspecified atom stereocenters. The highest BCUT2D eigenvalue weighted by atomic mass is 79.9. The highest BCUT2D eigenvalue weighted by Crippen LogP contribution is 2.35. The minimum absolute atomic E-state index is 0.0119. The highest BCUT2D eigenvalue weighted by molar-refractivity contribution is 9.11. The number of ether oxygens (including phenoxy) is 3. The van der Waals surface area contributed by atoms with Crippen molar-refractivity contribution in [3.8, 4) is 11.5 Å². The molecular formula is C31H28Br4N2O10. The van der Waals surface area contributed by atoms with Gasteiger partial charge >= 0.3 is 23.9 Å². The van der Waals surface area contributed by atoms with E-state index >= 15 is 0 Å². The fraction of sp³-hybridized carbons (Fsp3) is 0.258. The molecule has 0 saturated heterocycles. The van der Waals surface area contributed by atoms with E-state index in [-0.39, 0.29) is 61.4 Å². The number of hydrogen-bond donors (Lipinski definition) is 4. The molecule has 0 saturated carbocycles. The van der Waals surface area contributed by atoms with Crippen LogP contribution in [-0.4, -0.2) is 64.3 Å². The molecule has 0 fully saturated rings. The molecule has 3 rings (SSSR count). The predicted octanol–water partition coefficient (Wildman–Crippen LogP) is 6.83. The van der Waals surface area contributed by atoms with E-state index in [1.54, 1.807) is 27.7 Å². The molecule has 0 aliphatic carbocycles. The van der Waals surface area contributed by atoms with Gasteiger partial charge in [-0.1, -0.05) is 31.9 Å². The summed E-state index contributed by atoms with van der Waals surface area (Å²) in [6.45, 7) is 7.25. The minimum Gasteiger partial charge on any atom is -0.478 e. The summed E-state index contributed by atoms with van der Waals surface area (Å²) in [6, 6.07) is 8.76. The third kappa shape index (κ3) is 10.7. The van der Waals surface area contributed by atoms with Gasteiger partial charge in [-0.2, -0.15) is 0 Å². The number of carbonyl (C=O) groups excluding carboxylic acids is 3. The first-order valence-corrected chi connectivity index (χ1v) is 16.6. The second-order valence-electron chi connectivity index (χ2n) is 11.4. The fourth-order valence-corrected chi connectivity index (χ4v) is 6.38. The van der Waals surface area contributed by atoms with Gasteiger partial charge in [-0.05, 0) is 102 Å². The second kappa shape index (κ2) is 15.4. The summed E-state index contributed by atoms with van der Waals surface area (Å²) in [5, 5.41) is 22.0. The zero-order valence-electron chi connectivity index (χ0n) is 25.2. The van der Waals surface area contributed by atoms with E-state index in [1.807, 2.05) is 0 Å². The Kier molecular flexibility index (Phi) is 12.5. The molecule has 16 heteroatoms. The van der Waals surface area contributed by atoms with Gasteiger partial charge in [0, 0.05) is 26.6 Å². The van der Waals surface area contributed by atoms with Crippen LogP contribution >= 0.6 is 63.7 Å². The summed E-state index contributed by atoms with van der Waals surface area (Å²) < 4.78 is 17.8. The summed E-state index contributed by atoms with van der Waals surface area (Å²) in [7, 11) is 0. The third-order valence-corrected chi connectivity index (χ3v) is 8.14. The Hall–Kier alpha value is -3.15. The van der Waals surface area contributed by atoms with Crippen molar-refractivity contribution in [3.63, 3.8) is 0 Å². The van der Waals surface area contributed by atoms with E-state index in [2.05, 4.69) is 69.0 Å². The first-order chi connectivity index (χ1) is 21.7. The summed E-state index contributed by atoms with van der Waals surface area (Å²) in [5.41, 5.74) is 3.03. The van der Waals surface area contributed by atoms with Crippen molar-refractivity contribution < 1.29 is 48.4 Å². The zero-order valence-corrected chi connectivity index (χ0v) is 31.5. The van der Waals surface area contributed by atoms with E-state index < -0.39 is 40.9 Å². The quantitative estimate of drug-likeness (QED) is 0.110. The molecule has 0 aromatic heterocycles. The molecule has 0 bridgehead atoms. The Morgan fingerprint density at radius 1 is 0.702 bits per heavy atom. The Morgan fingerprint density at radius 3 is 1.49 bits per heavy atom. The number of esters is 2. The third-order valence-electron chi connectivity index (χ3n) is 6.04.